The Morgan fingerprint density at radius 1 is 1.11 bits per heavy atom. The molecule has 0 aliphatic heterocycles. The average molecular weight is 260 g/mol. The van der Waals surface area contributed by atoms with Gasteiger partial charge in [0.25, 0.3) is 0 Å². The van der Waals surface area contributed by atoms with E-state index < -0.39 is 0 Å². The minimum Gasteiger partial charge on any atom is -0.336 e. The Kier molecular flexibility index (Phi) is 4.97. The second-order valence-corrected chi connectivity index (χ2v) is 5.65. The van der Waals surface area contributed by atoms with Crippen LogP contribution in [0.2, 0.25) is 0 Å². The van der Waals surface area contributed by atoms with E-state index in [1.54, 1.807) is 0 Å². The summed E-state index contributed by atoms with van der Waals surface area (Å²) >= 11 is 0. The smallest absolute Gasteiger partial charge is 0.210 e. The monoisotopic (exact) mass is 260 g/mol. The maximum absolute atomic E-state index is 11.5. The van der Waals surface area contributed by atoms with Crippen LogP contribution in [0, 0.1) is 0 Å². The van der Waals surface area contributed by atoms with Crippen molar-refractivity contribution < 1.29 is 4.79 Å². The van der Waals surface area contributed by atoms with Crippen LogP contribution in [-0.4, -0.2) is 42.4 Å². The Morgan fingerprint density at radius 2 is 1.74 bits per heavy atom. The van der Waals surface area contributed by atoms with Gasteiger partial charge in [0.15, 0.2) is 0 Å². The van der Waals surface area contributed by atoms with Crippen LogP contribution in [0.3, 0.4) is 0 Å². The van der Waals surface area contributed by atoms with Crippen molar-refractivity contribution in [1.82, 2.24) is 9.80 Å². The van der Waals surface area contributed by atoms with Crippen LogP contribution in [0.15, 0.2) is 30.3 Å². The molecule has 0 saturated heterocycles. The molecule has 0 bridgehead atoms. The van der Waals surface area contributed by atoms with Crippen LogP contribution in [0.1, 0.15) is 31.2 Å². The van der Waals surface area contributed by atoms with E-state index >= 15 is 0 Å². The topological polar surface area (TPSA) is 23.6 Å². The van der Waals surface area contributed by atoms with Gasteiger partial charge in [-0.15, -0.1) is 0 Å². The highest BCUT2D eigenvalue weighted by Crippen LogP contribution is 2.26. The molecule has 0 radical (unpaired) electrons. The Hall–Kier alpha value is -1.35. The second-order valence-electron chi connectivity index (χ2n) is 5.65. The summed E-state index contributed by atoms with van der Waals surface area (Å²) in [6.07, 6.45) is 5.84. The third-order valence-corrected chi connectivity index (χ3v) is 4.13. The lowest BCUT2D eigenvalue weighted by Gasteiger charge is -2.41. The molecular weight excluding hydrogens is 236 g/mol. The number of amides is 1. The molecule has 2 unspecified atom stereocenters. The fraction of sp³-hybridized carbons (Fsp3) is 0.562. The molecule has 1 amide bonds. The Bertz CT molecular complexity index is 391. The summed E-state index contributed by atoms with van der Waals surface area (Å²) in [5.41, 5.74) is 1.21. The SMILES string of the molecule is CN(C)C1CCCCC1N(C=O)Cc1ccccc1. The van der Waals surface area contributed by atoms with Crippen molar-refractivity contribution in [2.75, 3.05) is 14.1 Å². The molecule has 1 saturated carbocycles. The second kappa shape index (κ2) is 6.71. The van der Waals surface area contributed by atoms with Crippen LogP contribution in [-0.2, 0) is 11.3 Å². The van der Waals surface area contributed by atoms with Crippen molar-refractivity contribution in [2.24, 2.45) is 0 Å². The van der Waals surface area contributed by atoms with E-state index in [1.165, 1.54) is 24.8 Å². The average Bonchev–Trinajstić information content (AvgIpc) is 2.46. The molecule has 1 aromatic carbocycles. The molecule has 1 fully saturated rings. The number of benzene rings is 1. The minimum atomic E-state index is 0.349. The molecule has 3 nitrogen and oxygen atoms in total. The number of carbonyl (C=O) groups is 1. The Balaban J connectivity index is 2.09. The largest absolute Gasteiger partial charge is 0.336 e. The van der Waals surface area contributed by atoms with E-state index in [0.29, 0.717) is 12.1 Å². The zero-order chi connectivity index (χ0) is 13.7. The van der Waals surface area contributed by atoms with Gasteiger partial charge in [-0.2, -0.15) is 0 Å². The summed E-state index contributed by atoms with van der Waals surface area (Å²) in [6, 6.07) is 11.1. The van der Waals surface area contributed by atoms with E-state index in [2.05, 4.69) is 31.1 Å². The summed E-state index contributed by atoms with van der Waals surface area (Å²) in [5, 5.41) is 0. The van der Waals surface area contributed by atoms with Gasteiger partial charge in [0, 0.05) is 18.6 Å². The van der Waals surface area contributed by atoms with Crippen molar-refractivity contribution in [3.05, 3.63) is 35.9 Å². The third kappa shape index (κ3) is 3.57. The van der Waals surface area contributed by atoms with Crippen molar-refractivity contribution >= 4 is 6.41 Å². The number of rotatable bonds is 5. The first-order valence-corrected chi connectivity index (χ1v) is 7.14. The highest BCUT2D eigenvalue weighted by molar-refractivity contribution is 5.48. The van der Waals surface area contributed by atoms with E-state index in [4.69, 9.17) is 0 Å². The molecule has 0 heterocycles. The third-order valence-electron chi connectivity index (χ3n) is 4.13. The van der Waals surface area contributed by atoms with Crippen molar-refractivity contribution in [1.29, 1.82) is 0 Å². The molecule has 0 spiro atoms. The molecule has 2 atom stereocenters. The molecule has 104 valence electrons. The predicted molar refractivity (Wildman–Crippen MR) is 77.8 cm³/mol. The first-order chi connectivity index (χ1) is 9.22. The number of likely N-dealkylation sites (N-methyl/N-ethyl adjacent to an activating group) is 1. The lowest BCUT2D eigenvalue weighted by molar-refractivity contribution is -0.123. The van der Waals surface area contributed by atoms with Crippen LogP contribution >= 0.6 is 0 Å². The van der Waals surface area contributed by atoms with Gasteiger partial charge in [-0.05, 0) is 32.5 Å². The molecule has 0 aromatic heterocycles. The molecule has 2 rings (SSSR count). The van der Waals surface area contributed by atoms with Crippen LogP contribution < -0.4 is 0 Å². The first-order valence-electron chi connectivity index (χ1n) is 7.14. The standard InChI is InChI=1S/C16H24N2O/c1-17(2)15-10-6-7-11-16(15)18(13-19)12-14-8-4-3-5-9-14/h3-5,8-9,13,15-16H,6-7,10-12H2,1-2H3. The van der Waals surface area contributed by atoms with E-state index in [1.807, 2.05) is 23.1 Å². The van der Waals surface area contributed by atoms with Gasteiger partial charge < -0.3 is 9.80 Å². The van der Waals surface area contributed by atoms with Crippen molar-refractivity contribution in [3.8, 4) is 0 Å². The van der Waals surface area contributed by atoms with Gasteiger partial charge in [-0.25, -0.2) is 0 Å². The lowest BCUT2D eigenvalue weighted by Crippen LogP contribution is -2.50. The van der Waals surface area contributed by atoms with Gasteiger partial charge in [0.2, 0.25) is 6.41 Å². The number of carbonyl (C=O) groups excluding carboxylic acids is 1. The summed E-state index contributed by atoms with van der Waals surface area (Å²) < 4.78 is 0. The van der Waals surface area contributed by atoms with Crippen molar-refractivity contribution in [3.63, 3.8) is 0 Å². The van der Waals surface area contributed by atoms with Crippen LogP contribution in [0.25, 0.3) is 0 Å². The zero-order valence-corrected chi connectivity index (χ0v) is 12.0. The van der Waals surface area contributed by atoms with Gasteiger partial charge in [0.1, 0.15) is 0 Å². The summed E-state index contributed by atoms with van der Waals surface area (Å²) in [5.74, 6) is 0. The maximum Gasteiger partial charge on any atom is 0.210 e. The minimum absolute atomic E-state index is 0.349. The van der Waals surface area contributed by atoms with Gasteiger partial charge in [-0.3, -0.25) is 4.79 Å². The maximum atomic E-state index is 11.5. The van der Waals surface area contributed by atoms with Crippen molar-refractivity contribution in [2.45, 2.75) is 44.3 Å². The molecule has 1 aliphatic carbocycles. The fourth-order valence-corrected chi connectivity index (χ4v) is 3.11. The summed E-state index contributed by atoms with van der Waals surface area (Å²) in [7, 11) is 4.24. The first kappa shape index (κ1) is 14.1. The normalized spacial score (nSPS) is 23.3. The fourth-order valence-electron chi connectivity index (χ4n) is 3.11. The summed E-state index contributed by atoms with van der Waals surface area (Å²) in [4.78, 5) is 15.7. The highest BCUT2D eigenvalue weighted by Gasteiger charge is 2.30. The Morgan fingerprint density at radius 3 is 2.32 bits per heavy atom. The zero-order valence-electron chi connectivity index (χ0n) is 12.0. The van der Waals surface area contributed by atoms with Gasteiger partial charge in [-0.1, -0.05) is 43.2 Å². The molecule has 19 heavy (non-hydrogen) atoms. The van der Waals surface area contributed by atoms with Gasteiger partial charge in [0.05, 0.1) is 0 Å². The van der Waals surface area contributed by atoms with Gasteiger partial charge >= 0.3 is 0 Å². The quantitative estimate of drug-likeness (QED) is 0.760. The number of hydrogen-bond acceptors (Lipinski definition) is 2. The van der Waals surface area contributed by atoms with Crippen LogP contribution in [0.5, 0.6) is 0 Å². The Labute approximate surface area is 116 Å². The molecular formula is C16H24N2O. The molecule has 0 N–H and O–H groups in total. The highest BCUT2D eigenvalue weighted by atomic mass is 16.1. The van der Waals surface area contributed by atoms with Crippen LogP contribution in [0.4, 0.5) is 0 Å². The molecule has 1 aliphatic rings. The predicted octanol–water partition coefficient (Wildman–Crippen LogP) is 2.52. The molecule has 3 heteroatoms. The number of hydrogen-bond donors (Lipinski definition) is 0. The summed E-state index contributed by atoms with van der Waals surface area (Å²) in [6.45, 7) is 0.722. The van der Waals surface area contributed by atoms with E-state index in [9.17, 15) is 4.79 Å². The van der Waals surface area contributed by atoms with E-state index in [0.717, 1.165) is 19.4 Å². The van der Waals surface area contributed by atoms with E-state index in [-0.39, 0.29) is 0 Å². The lowest BCUT2D eigenvalue weighted by atomic mass is 9.88. The molecule has 1 aromatic rings. The number of nitrogens with zero attached hydrogens (tertiary/aromatic N) is 2.